The van der Waals surface area contributed by atoms with Gasteiger partial charge in [0.05, 0.1) is 0 Å². The molecule has 2 unspecified atom stereocenters. The summed E-state index contributed by atoms with van der Waals surface area (Å²) < 4.78 is 0. The first kappa shape index (κ1) is 9.05. The Morgan fingerprint density at radius 3 is 2.45 bits per heavy atom. The molecular weight excluding hydrogens is 134 g/mol. The van der Waals surface area contributed by atoms with Crippen molar-refractivity contribution in [1.82, 2.24) is 0 Å². The maximum absolute atomic E-state index is 5.50. The third-order valence-corrected chi connectivity index (χ3v) is 2.86. The highest BCUT2D eigenvalue weighted by Crippen LogP contribution is 2.39. The van der Waals surface area contributed by atoms with Crippen molar-refractivity contribution in [1.29, 1.82) is 0 Å². The largest absolute Gasteiger partial charge is 0.330 e. The Kier molecular flexibility index (Phi) is 3.38. The predicted molar refractivity (Wildman–Crippen MR) is 49.3 cm³/mol. The fraction of sp³-hybridized carbons (Fsp3) is 1.00. The minimum absolute atomic E-state index is 0.843. The quantitative estimate of drug-likeness (QED) is 0.648. The average Bonchev–Trinajstić information content (AvgIpc) is 2.67. The van der Waals surface area contributed by atoms with Crippen molar-refractivity contribution in [3.05, 3.63) is 0 Å². The lowest BCUT2D eigenvalue weighted by Gasteiger charge is -2.15. The molecule has 0 aromatic heterocycles. The minimum atomic E-state index is 0.843. The van der Waals surface area contributed by atoms with Gasteiger partial charge < -0.3 is 5.73 Å². The standard InChI is InChI=1S/C10H21N/c1-8(5-6-11)7-9(2)10-3-4-10/h8-10H,3-7,11H2,1-2H3. The summed E-state index contributed by atoms with van der Waals surface area (Å²) in [6.07, 6.45) is 5.56. The third kappa shape index (κ3) is 3.24. The summed E-state index contributed by atoms with van der Waals surface area (Å²) >= 11 is 0. The molecule has 1 nitrogen and oxygen atoms in total. The van der Waals surface area contributed by atoms with E-state index in [0.29, 0.717) is 0 Å². The average molecular weight is 155 g/mol. The van der Waals surface area contributed by atoms with Crippen LogP contribution >= 0.6 is 0 Å². The van der Waals surface area contributed by atoms with Crippen LogP contribution in [0.5, 0.6) is 0 Å². The number of hydrogen-bond acceptors (Lipinski definition) is 1. The van der Waals surface area contributed by atoms with Crippen LogP contribution in [-0.4, -0.2) is 6.54 Å². The van der Waals surface area contributed by atoms with E-state index in [-0.39, 0.29) is 0 Å². The van der Waals surface area contributed by atoms with Crippen LogP contribution < -0.4 is 5.73 Å². The van der Waals surface area contributed by atoms with Gasteiger partial charge in [0, 0.05) is 0 Å². The summed E-state index contributed by atoms with van der Waals surface area (Å²) in [6.45, 7) is 5.58. The van der Waals surface area contributed by atoms with E-state index in [9.17, 15) is 0 Å². The lowest BCUT2D eigenvalue weighted by molar-refractivity contribution is 0.367. The van der Waals surface area contributed by atoms with E-state index in [2.05, 4.69) is 13.8 Å². The van der Waals surface area contributed by atoms with Crippen LogP contribution in [-0.2, 0) is 0 Å². The van der Waals surface area contributed by atoms with Gasteiger partial charge in [-0.15, -0.1) is 0 Å². The second-order valence-corrected chi connectivity index (χ2v) is 4.23. The smallest absolute Gasteiger partial charge is 0.00747 e. The predicted octanol–water partition coefficient (Wildman–Crippen LogP) is 2.41. The molecule has 0 radical (unpaired) electrons. The zero-order valence-electron chi connectivity index (χ0n) is 7.84. The molecular formula is C10H21N. The van der Waals surface area contributed by atoms with Gasteiger partial charge in [-0.2, -0.15) is 0 Å². The van der Waals surface area contributed by atoms with Crippen molar-refractivity contribution in [2.75, 3.05) is 6.54 Å². The second kappa shape index (κ2) is 4.10. The molecule has 2 N–H and O–H groups in total. The maximum Gasteiger partial charge on any atom is -0.00747 e. The van der Waals surface area contributed by atoms with Gasteiger partial charge in [-0.05, 0) is 50.0 Å². The fourth-order valence-electron chi connectivity index (χ4n) is 1.89. The van der Waals surface area contributed by atoms with Gasteiger partial charge in [0.1, 0.15) is 0 Å². The van der Waals surface area contributed by atoms with Crippen LogP contribution in [0, 0.1) is 17.8 Å². The van der Waals surface area contributed by atoms with Crippen LogP contribution in [0.15, 0.2) is 0 Å². The first-order chi connectivity index (χ1) is 5.24. The van der Waals surface area contributed by atoms with Gasteiger partial charge in [-0.25, -0.2) is 0 Å². The highest BCUT2D eigenvalue weighted by molar-refractivity contribution is 4.79. The number of hydrogen-bond donors (Lipinski definition) is 1. The van der Waals surface area contributed by atoms with E-state index >= 15 is 0 Å². The molecule has 0 heterocycles. The Labute approximate surface area is 70.4 Å². The van der Waals surface area contributed by atoms with Crippen LogP contribution in [0.25, 0.3) is 0 Å². The lowest BCUT2D eigenvalue weighted by atomic mass is 9.92. The molecule has 11 heavy (non-hydrogen) atoms. The molecule has 66 valence electrons. The lowest BCUT2D eigenvalue weighted by Crippen LogP contribution is -2.10. The summed E-state index contributed by atoms with van der Waals surface area (Å²) in [5.74, 6) is 2.86. The molecule has 0 saturated heterocycles. The van der Waals surface area contributed by atoms with Crippen LogP contribution in [0.4, 0.5) is 0 Å². The van der Waals surface area contributed by atoms with E-state index in [1.54, 1.807) is 0 Å². The Hall–Kier alpha value is -0.0400. The van der Waals surface area contributed by atoms with Gasteiger partial charge in [-0.3, -0.25) is 0 Å². The zero-order valence-corrected chi connectivity index (χ0v) is 7.84. The van der Waals surface area contributed by atoms with Gasteiger partial charge in [0.25, 0.3) is 0 Å². The maximum atomic E-state index is 5.50. The monoisotopic (exact) mass is 155 g/mol. The highest BCUT2D eigenvalue weighted by atomic mass is 14.5. The van der Waals surface area contributed by atoms with Crippen LogP contribution in [0.3, 0.4) is 0 Å². The van der Waals surface area contributed by atoms with E-state index < -0.39 is 0 Å². The Morgan fingerprint density at radius 2 is 2.00 bits per heavy atom. The minimum Gasteiger partial charge on any atom is -0.330 e. The first-order valence-electron chi connectivity index (χ1n) is 4.94. The van der Waals surface area contributed by atoms with Gasteiger partial charge in [0.15, 0.2) is 0 Å². The van der Waals surface area contributed by atoms with Gasteiger partial charge >= 0.3 is 0 Å². The number of rotatable bonds is 5. The van der Waals surface area contributed by atoms with Crippen molar-refractivity contribution in [2.24, 2.45) is 23.5 Å². The molecule has 1 aliphatic rings. The SMILES string of the molecule is CC(CCN)CC(C)C1CC1. The highest BCUT2D eigenvalue weighted by Gasteiger charge is 2.28. The molecule has 1 aliphatic carbocycles. The summed E-state index contributed by atoms with van der Waals surface area (Å²) in [7, 11) is 0. The van der Waals surface area contributed by atoms with Crippen LogP contribution in [0.2, 0.25) is 0 Å². The van der Waals surface area contributed by atoms with E-state index in [0.717, 1.165) is 24.3 Å². The molecule has 0 aromatic rings. The van der Waals surface area contributed by atoms with Crippen molar-refractivity contribution < 1.29 is 0 Å². The Bertz CT molecular complexity index is 107. The topological polar surface area (TPSA) is 26.0 Å². The van der Waals surface area contributed by atoms with Crippen molar-refractivity contribution >= 4 is 0 Å². The van der Waals surface area contributed by atoms with Gasteiger partial charge in [-0.1, -0.05) is 13.8 Å². The van der Waals surface area contributed by atoms with Crippen molar-refractivity contribution in [2.45, 2.75) is 39.5 Å². The molecule has 0 spiro atoms. The van der Waals surface area contributed by atoms with Crippen molar-refractivity contribution in [3.63, 3.8) is 0 Å². The molecule has 0 aromatic carbocycles. The molecule has 1 saturated carbocycles. The summed E-state index contributed by atoms with van der Waals surface area (Å²) in [5.41, 5.74) is 5.50. The van der Waals surface area contributed by atoms with E-state index in [1.807, 2.05) is 0 Å². The molecule has 2 atom stereocenters. The summed E-state index contributed by atoms with van der Waals surface area (Å²) in [4.78, 5) is 0. The van der Waals surface area contributed by atoms with E-state index in [1.165, 1.54) is 25.7 Å². The normalized spacial score (nSPS) is 23.2. The van der Waals surface area contributed by atoms with Gasteiger partial charge in [0.2, 0.25) is 0 Å². The molecule has 1 heteroatoms. The molecule has 0 bridgehead atoms. The first-order valence-corrected chi connectivity index (χ1v) is 4.94. The summed E-state index contributed by atoms with van der Waals surface area (Å²) in [5, 5.41) is 0. The van der Waals surface area contributed by atoms with E-state index in [4.69, 9.17) is 5.73 Å². The Morgan fingerprint density at radius 1 is 1.36 bits per heavy atom. The Balaban J connectivity index is 2.07. The molecule has 0 aliphatic heterocycles. The van der Waals surface area contributed by atoms with Crippen LogP contribution in [0.1, 0.15) is 39.5 Å². The second-order valence-electron chi connectivity index (χ2n) is 4.23. The molecule has 0 amide bonds. The zero-order chi connectivity index (χ0) is 8.27. The number of nitrogens with two attached hydrogens (primary N) is 1. The molecule has 1 fully saturated rings. The summed E-state index contributed by atoms with van der Waals surface area (Å²) in [6, 6.07) is 0. The third-order valence-electron chi connectivity index (χ3n) is 2.86. The molecule has 1 rings (SSSR count). The fourth-order valence-corrected chi connectivity index (χ4v) is 1.89. The van der Waals surface area contributed by atoms with Crippen molar-refractivity contribution in [3.8, 4) is 0 Å².